The van der Waals surface area contributed by atoms with E-state index in [1.165, 1.54) is 19.2 Å². The summed E-state index contributed by atoms with van der Waals surface area (Å²) in [6.45, 7) is 1.87. The van der Waals surface area contributed by atoms with Gasteiger partial charge in [-0.25, -0.2) is 4.98 Å². The number of aromatic nitrogens is 1. The number of aryl methyl sites for hydroxylation is 1. The van der Waals surface area contributed by atoms with Crippen LogP contribution in [0.2, 0.25) is 0 Å². The quantitative estimate of drug-likeness (QED) is 0.305. The number of aromatic carboxylic acids is 2. The van der Waals surface area contributed by atoms with Crippen LogP contribution in [-0.4, -0.2) is 24.0 Å². The van der Waals surface area contributed by atoms with Crippen molar-refractivity contribution in [2.24, 2.45) is 0 Å². The molecule has 0 fully saturated rings. The SMILES string of the molecule is CCCc1c2nc(C(=O)[O-])cc(OC)c2cc2c(=O)cc(C(=O)[O-])oc12.[Na+].[Na+]. The Labute approximate surface area is 203 Å². The third-order valence-corrected chi connectivity index (χ3v) is 3.98. The predicted octanol–water partition coefficient (Wildman–Crippen LogP) is -5.96. The Hall–Kier alpha value is -1.42. The number of rotatable bonds is 5. The molecule has 0 unspecified atom stereocenters. The Bertz CT molecular complexity index is 1120. The number of carbonyl (C=O) groups excluding carboxylic acids is 2. The zero-order valence-electron chi connectivity index (χ0n) is 16.0. The molecule has 0 amide bonds. The van der Waals surface area contributed by atoms with Crippen molar-refractivity contribution >= 4 is 33.8 Å². The molecule has 10 heteroatoms. The fourth-order valence-corrected chi connectivity index (χ4v) is 2.87. The molecule has 8 nitrogen and oxygen atoms in total. The Kier molecular flexibility index (Phi) is 8.67. The van der Waals surface area contributed by atoms with E-state index in [-0.39, 0.29) is 87.0 Å². The molecule has 3 rings (SSSR count). The molecule has 0 aliphatic rings. The number of ether oxygens (including phenoxy) is 1. The van der Waals surface area contributed by atoms with Gasteiger partial charge >= 0.3 is 59.1 Å². The number of benzene rings is 1. The molecule has 0 N–H and O–H groups in total. The number of carboxylic acids is 2. The fourth-order valence-electron chi connectivity index (χ4n) is 2.87. The minimum atomic E-state index is -1.62. The van der Waals surface area contributed by atoms with Gasteiger partial charge in [-0.3, -0.25) is 4.79 Å². The maximum Gasteiger partial charge on any atom is 1.00 e. The van der Waals surface area contributed by atoms with Crippen LogP contribution in [0.4, 0.5) is 0 Å². The molecule has 0 saturated heterocycles. The van der Waals surface area contributed by atoms with E-state index in [1.54, 1.807) is 0 Å². The zero-order chi connectivity index (χ0) is 19.0. The second-order valence-corrected chi connectivity index (χ2v) is 5.64. The molecule has 1 aromatic carbocycles. The summed E-state index contributed by atoms with van der Waals surface area (Å²) in [7, 11) is 1.36. The summed E-state index contributed by atoms with van der Waals surface area (Å²) >= 11 is 0. The standard InChI is InChI=1S/C18H15NO7.2Na/c1-3-4-8-15-10(13(25-2)6-11(19-15)17(21)22)5-9-12(20)7-14(18(23)24)26-16(8)9;;/h5-7H,3-4H2,1-2H3,(H,21,22)(H,23,24);;/q;2*+1/p-2. The van der Waals surface area contributed by atoms with Crippen LogP contribution in [-0.2, 0) is 6.42 Å². The minimum absolute atomic E-state index is 0. The maximum absolute atomic E-state index is 12.4. The fraction of sp³-hybridized carbons (Fsp3) is 0.222. The van der Waals surface area contributed by atoms with Crippen molar-refractivity contribution in [2.45, 2.75) is 19.8 Å². The van der Waals surface area contributed by atoms with E-state index in [0.717, 1.165) is 6.07 Å². The molecule has 134 valence electrons. The van der Waals surface area contributed by atoms with Gasteiger partial charge < -0.3 is 29.0 Å². The van der Waals surface area contributed by atoms with Gasteiger partial charge in [0.15, 0.2) is 11.2 Å². The molecule has 3 aromatic rings. The maximum atomic E-state index is 12.4. The molecule has 0 atom stereocenters. The van der Waals surface area contributed by atoms with Gasteiger partial charge in [0.25, 0.3) is 0 Å². The average molecular weight is 401 g/mol. The topological polar surface area (TPSA) is 133 Å². The van der Waals surface area contributed by atoms with E-state index in [9.17, 15) is 24.6 Å². The molecule has 0 spiro atoms. The van der Waals surface area contributed by atoms with Crippen LogP contribution >= 0.6 is 0 Å². The first-order valence-electron chi connectivity index (χ1n) is 7.78. The smallest absolute Gasteiger partial charge is 0.543 e. The largest absolute Gasteiger partial charge is 1.00 e. The number of carbonyl (C=O) groups is 2. The molecule has 0 saturated carbocycles. The Morgan fingerprint density at radius 2 is 1.79 bits per heavy atom. The summed E-state index contributed by atoms with van der Waals surface area (Å²) in [5, 5.41) is 22.9. The van der Waals surface area contributed by atoms with E-state index < -0.39 is 23.1 Å². The van der Waals surface area contributed by atoms with Gasteiger partial charge in [-0.15, -0.1) is 0 Å². The van der Waals surface area contributed by atoms with Crippen LogP contribution in [0, 0.1) is 0 Å². The summed E-state index contributed by atoms with van der Waals surface area (Å²) < 4.78 is 10.6. The number of carboxylic acid groups (broad SMARTS) is 2. The van der Waals surface area contributed by atoms with Crippen molar-refractivity contribution in [3.05, 3.63) is 45.4 Å². The van der Waals surface area contributed by atoms with Gasteiger partial charge in [0.1, 0.15) is 17.3 Å². The molecule has 0 radical (unpaired) electrons. The number of pyridine rings is 1. The van der Waals surface area contributed by atoms with Crippen molar-refractivity contribution in [2.75, 3.05) is 7.11 Å². The minimum Gasteiger partial charge on any atom is -0.543 e. The molecule has 0 aliphatic heterocycles. The molecular formula is C18H13NNa2O7. The third kappa shape index (κ3) is 4.42. The zero-order valence-corrected chi connectivity index (χ0v) is 20.0. The first-order chi connectivity index (χ1) is 12.4. The van der Waals surface area contributed by atoms with Crippen molar-refractivity contribution < 1.29 is 88.1 Å². The normalized spacial score (nSPS) is 10.2. The molecule has 28 heavy (non-hydrogen) atoms. The Morgan fingerprint density at radius 1 is 1.11 bits per heavy atom. The van der Waals surface area contributed by atoms with Gasteiger partial charge in [0.2, 0.25) is 0 Å². The summed E-state index contributed by atoms with van der Waals surface area (Å²) in [5.74, 6) is -3.52. The van der Waals surface area contributed by atoms with Gasteiger partial charge in [-0.2, -0.15) is 0 Å². The Balaban J connectivity index is 0.00000196. The van der Waals surface area contributed by atoms with Crippen LogP contribution in [0.3, 0.4) is 0 Å². The van der Waals surface area contributed by atoms with Crippen LogP contribution in [0.1, 0.15) is 40.0 Å². The molecule has 0 bridgehead atoms. The monoisotopic (exact) mass is 401 g/mol. The molecule has 2 aromatic heterocycles. The second kappa shape index (κ2) is 9.87. The van der Waals surface area contributed by atoms with Crippen LogP contribution in [0.15, 0.2) is 27.4 Å². The number of methoxy groups -OCH3 is 1. The van der Waals surface area contributed by atoms with Crippen molar-refractivity contribution in [3.63, 3.8) is 0 Å². The van der Waals surface area contributed by atoms with Gasteiger partial charge in [0, 0.05) is 23.1 Å². The summed E-state index contributed by atoms with van der Waals surface area (Å²) in [4.78, 5) is 38.8. The predicted molar refractivity (Wildman–Crippen MR) is 87.0 cm³/mol. The second-order valence-electron chi connectivity index (χ2n) is 5.64. The Morgan fingerprint density at radius 3 is 2.32 bits per heavy atom. The van der Waals surface area contributed by atoms with Crippen LogP contribution in [0.5, 0.6) is 5.75 Å². The van der Waals surface area contributed by atoms with Crippen LogP contribution < -0.4 is 79.5 Å². The van der Waals surface area contributed by atoms with E-state index in [2.05, 4.69) is 4.98 Å². The molecule has 2 heterocycles. The first-order valence-corrected chi connectivity index (χ1v) is 7.78. The van der Waals surface area contributed by atoms with Gasteiger partial charge in [0.05, 0.1) is 29.7 Å². The summed E-state index contributed by atoms with van der Waals surface area (Å²) in [6.07, 6.45) is 0.993. The first kappa shape index (κ1) is 24.6. The van der Waals surface area contributed by atoms with Crippen molar-refractivity contribution in [1.29, 1.82) is 0 Å². The van der Waals surface area contributed by atoms with Crippen molar-refractivity contribution in [3.8, 4) is 5.75 Å². The van der Waals surface area contributed by atoms with Gasteiger partial charge in [-0.05, 0) is 12.5 Å². The number of nitrogens with zero attached hydrogens (tertiary/aromatic N) is 1. The van der Waals surface area contributed by atoms with Crippen molar-refractivity contribution in [1.82, 2.24) is 4.98 Å². The third-order valence-electron chi connectivity index (χ3n) is 3.98. The summed E-state index contributed by atoms with van der Waals surface area (Å²) in [5.41, 5.74) is -0.200. The van der Waals surface area contributed by atoms with E-state index in [0.29, 0.717) is 23.8 Å². The van der Waals surface area contributed by atoms with E-state index >= 15 is 0 Å². The molecular weight excluding hydrogens is 388 g/mol. The van der Waals surface area contributed by atoms with Crippen LogP contribution in [0.25, 0.3) is 21.9 Å². The number of hydrogen-bond acceptors (Lipinski definition) is 8. The number of fused-ring (bicyclic) bond motifs is 2. The van der Waals surface area contributed by atoms with E-state index in [4.69, 9.17) is 9.15 Å². The molecule has 0 aliphatic carbocycles. The summed E-state index contributed by atoms with van der Waals surface area (Å²) in [6, 6.07) is 3.49. The van der Waals surface area contributed by atoms with E-state index in [1.807, 2.05) is 6.92 Å². The number of hydrogen-bond donors (Lipinski definition) is 0. The average Bonchev–Trinajstić information content (AvgIpc) is 2.61. The van der Waals surface area contributed by atoms with Gasteiger partial charge in [-0.1, -0.05) is 13.3 Å².